The maximum atomic E-state index is 13.1. The molecule has 4 aromatic heterocycles. The van der Waals surface area contributed by atoms with Gasteiger partial charge in [-0.2, -0.15) is 4.68 Å². The van der Waals surface area contributed by atoms with Gasteiger partial charge in [-0.1, -0.05) is 23.2 Å². The summed E-state index contributed by atoms with van der Waals surface area (Å²) in [5.41, 5.74) is 8.30. The molecule has 0 spiro atoms. The van der Waals surface area contributed by atoms with Crippen molar-refractivity contribution in [3.63, 3.8) is 0 Å². The fourth-order valence-electron chi connectivity index (χ4n) is 3.50. The third kappa shape index (κ3) is 4.14. The number of hydrogen-bond donors (Lipinski definition) is 2. The number of nitrogens with zero attached hydrogens (tertiary/aromatic N) is 8. The molecule has 0 saturated heterocycles. The SMILES string of the molecule is Cc1nc(-c2cc(Cl)ccc2-n2cnnn2)cc(=O)n1Cc1nc(-c2ccc(N)nc2)c(Cl)[nH]1. The number of aromatic nitrogens is 9. The Hall–Kier alpha value is -4.09. The number of tetrazole rings is 1. The van der Waals surface area contributed by atoms with Crippen molar-refractivity contribution in [2.45, 2.75) is 13.5 Å². The number of aromatic amines is 1. The molecule has 0 bridgehead atoms. The summed E-state index contributed by atoms with van der Waals surface area (Å²) in [6.07, 6.45) is 3.04. The van der Waals surface area contributed by atoms with Crippen LogP contribution < -0.4 is 11.3 Å². The van der Waals surface area contributed by atoms with Gasteiger partial charge in [-0.15, -0.1) is 5.10 Å². The second-order valence-corrected chi connectivity index (χ2v) is 8.16. The maximum absolute atomic E-state index is 13.1. The van der Waals surface area contributed by atoms with Gasteiger partial charge in [-0.05, 0) is 47.7 Å². The van der Waals surface area contributed by atoms with E-state index in [1.54, 1.807) is 43.5 Å². The Kier molecular flexibility index (Phi) is 5.56. The van der Waals surface area contributed by atoms with E-state index in [0.717, 1.165) is 0 Å². The molecule has 0 fully saturated rings. The summed E-state index contributed by atoms with van der Waals surface area (Å²) in [5.74, 6) is 1.37. The van der Waals surface area contributed by atoms with Crippen molar-refractivity contribution in [2.24, 2.45) is 0 Å². The Morgan fingerprint density at radius 1 is 1.12 bits per heavy atom. The highest BCUT2D eigenvalue weighted by Crippen LogP contribution is 2.28. The van der Waals surface area contributed by atoms with Crippen LogP contribution in [0.15, 0.2) is 53.7 Å². The zero-order valence-electron chi connectivity index (χ0n) is 17.6. The van der Waals surface area contributed by atoms with Gasteiger partial charge < -0.3 is 10.7 Å². The van der Waals surface area contributed by atoms with Gasteiger partial charge in [0.2, 0.25) is 0 Å². The number of imidazole rings is 1. The van der Waals surface area contributed by atoms with Crippen molar-refractivity contribution in [1.29, 1.82) is 0 Å². The number of hydrogen-bond acceptors (Lipinski definition) is 8. The molecule has 0 aliphatic rings. The number of rotatable bonds is 5. The number of H-pyrrole nitrogens is 1. The summed E-state index contributed by atoms with van der Waals surface area (Å²) >= 11 is 12.6. The molecule has 0 saturated carbocycles. The summed E-state index contributed by atoms with van der Waals surface area (Å²) in [6, 6.07) is 10.1. The minimum atomic E-state index is -0.270. The van der Waals surface area contributed by atoms with Gasteiger partial charge in [0.25, 0.3) is 5.56 Å². The Balaban J connectivity index is 1.50. The average Bonchev–Trinajstić information content (AvgIpc) is 3.47. The molecule has 11 nitrogen and oxygen atoms in total. The van der Waals surface area contributed by atoms with E-state index in [-0.39, 0.29) is 12.1 Å². The molecule has 0 radical (unpaired) electrons. The predicted molar refractivity (Wildman–Crippen MR) is 127 cm³/mol. The first-order valence-electron chi connectivity index (χ1n) is 9.97. The zero-order chi connectivity index (χ0) is 23.8. The number of aryl methyl sites for hydroxylation is 1. The zero-order valence-corrected chi connectivity index (χ0v) is 19.2. The lowest BCUT2D eigenvalue weighted by Crippen LogP contribution is -2.24. The molecule has 3 N–H and O–H groups in total. The summed E-state index contributed by atoms with van der Waals surface area (Å²) < 4.78 is 2.97. The fraction of sp³-hybridized carbons (Fsp3) is 0.0952. The van der Waals surface area contributed by atoms with E-state index < -0.39 is 0 Å². The Morgan fingerprint density at radius 3 is 2.68 bits per heavy atom. The molecular weight excluding hydrogens is 479 g/mol. The molecular formula is C21H16Cl2N10O. The van der Waals surface area contributed by atoms with E-state index in [0.29, 0.717) is 55.8 Å². The first kappa shape index (κ1) is 21.7. The van der Waals surface area contributed by atoms with E-state index in [1.807, 2.05) is 0 Å². The quantitative estimate of drug-likeness (QED) is 0.379. The van der Waals surface area contributed by atoms with Crippen LogP contribution in [0.5, 0.6) is 0 Å². The van der Waals surface area contributed by atoms with Crippen LogP contribution in [0.3, 0.4) is 0 Å². The van der Waals surface area contributed by atoms with Crippen LogP contribution >= 0.6 is 23.2 Å². The summed E-state index contributed by atoms with van der Waals surface area (Å²) in [6.45, 7) is 1.89. The molecule has 13 heteroatoms. The van der Waals surface area contributed by atoms with Gasteiger partial charge >= 0.3 is 0 Å². The van der Waals surface area contributed by atoms with Crippen LogP contribution in [0.4, 0.5) is 5.82 Å². The van der Waals surface area contributed by atoms with Crippen molar-refractivity contribution < 1.29 is 0 Å². The molecule has 170 valence electrons. The van der Waals surface area contributed by atoms with Crippen molar-refractivity contribution in [3.8, 4) is 28.2 Å². The number of anilines is 1. The molecule has 0 atom stereocenters. The van der Waals surface area contributed by atoms with Gasteiger partial charge in [0.15, 0.2) is 0 Å². The lowest BCUT2D eigenvalue weighted by atomic mass is 10.1. The Morgan fingerprint density at radius 2 is 1.97 bits per heavy atom. The smallest absolute Gasteiger partial charge is 0.254 e. The maximum Gasteiger partial charge on any atom is 0.254 e. The van der Waals surface area contributed by atoms with Crippen molar-refractivity contribution in [1.82, 2.24) is 44.7 Å². The van der Waals surface area contributed by atoms with Gasteiger partial charge in [0.05, 0.1) is 17.9 Å². The number of pyridine rings is 1. The second-order valence-electron chi connectivity index (χ2n) is 7.35. The molecule has 5 rings (SSSR count). The highest BCUT2D eigenvalue weighted by atomic mass is 35.5. The minimum Gasteiger partial charge on any atom is -0.384 e. The minimum absolute atomic E-state index is 0.148. The summed E-state index contributed by atoms with van der Waals surface area (Å²) in [7, 11) is 0. The molecule has 34 heavy (non-hydrogen) atoms. The van der Waals surface area contributed by atoms with E-state index in [9.17, 15) is 4.79 Å². The highest BCUT2D eigenvalue weighted by Gasteiger charge is 2.16. The molecule has 1 aromatic carbocycles. The van der Waals surface area contributed by atoms with E-state index in [4.69, 9.17) is 28.9 Å². The number of nitrogen functional groups attached to an aromatic ring is 1. The average molecular weight is 495 g/mol. The van der Waals surface area contributed by atoms with E-state index in [2.05, 4.69) is 35.5 Å². The van der Waals surface area contributed by atoms with Crippen LogP contribution in [0.1, 0.15) is 11.6 Å². The third-order valence-corrected chi connectivity index (χ3v) is 5.61. The molecule has 0 aliphatic carbocycles. The van der Waals surface area contributed by atoms with Crippen molar-refractivity contribution >= 4 is 29.0 Å². The first-order chi connectivity index (χ1) is 16.4. The number of nitrogens with two attached hydrogens (primary N) is 1. The number of benzene rings is 1. The first-order valence-corrected chi connectivity index (χ1v) is 10.7. The van der Waals surface area contributed by atoms with Crippen molar-refractivity contribution in [2.75, 3.05) is 5.73 Å². The second kappa shape index (κ2) is 8.69. The topological polar surface area (TPSA) is 146 Å². The van der Waals surface area contributed by atoms with Crippen LogP contribution in [0, 0.1) is 6.92 Å². The van der Waals surface area contributed by atoms with Crippen LogP contribution in [-0.2, 0) is 6.54 Å². The van der Waals surface area contributed by atoms with Crippen LogP contribution in [0.2, 0.25) is 10.2 Å². The summed E-state index contributed by atoms with van der Waals surface area (Å²) in [4.78, 5) is 29.3. The summed E-state index contributed by atoms with van der Waals surface area (Å²) in [5, 5.41) is 12.1. The molecule has 4 heterocycles. The molecule has 0 unspecified atom stereocenters. The number of halogens is 2. The van der Waals surface area contributed by atoms with Crippen molar-refractivity contribution in [3.05, 3.63) is 81.1 Å². The lowest BCUT2D eigenvalue weighted by molar-refractivity contribution is 0.677. The van der Waals surface area contributed by atoms with E-state index in [1.165, 1.54) is 21.6 Å². The van der Waals surface area contributed by atoms with Gasteiger partial charge in [-0.25, -0.2) is 15.0 Å². The normalized spacial score (nSPS) is 11.1. The molecule has 5 aromatic rings. The molecule has 0 aliphatic heterocycles. The van der Waals surface area contributed by atoms with Crippen LogP contribution in [0.25, 0.3) is 28.2 Å². The van der Waals surface area contributed by atoms with Gasteiger partial charge in [0, 0.05) is 28.4 Å². The Bertz CT molecular complexity index is 1540. The predicted octanol–water partition coefficient (Wildman–Crippen LogP) is 2.92. The largest absolute Gasteiger partial charge is 0.384 e. The standard InChI is InChI=1S/C21H16Cl2N10O/c1-11-27-15(14-6-13(22)3-4-16(14)33-10-26-30-31-33)7-19(34)32(11)9-18-28-20(21(23)29-18)12-2-5-17(24)25-8-12/h2-8,10H,9H2,1H3,(H2,24,25)(H,28,29). The van der Waals surface area contributed by atoms with Gasteiger partial charge in [-0.3, -0.25) is 9.36 Å². The van der Waals surface area contributed by atoms with E-state index >= 15 is 0 Å². The highest BCUT2D eigenvalue weighted by molar-refractivity contribution is 6.32. The Labute approximate surface area is 202 Å². The van der Waals surface area contributed by atoms with Gasteiger partial charge in [0.1, 0.15) is 34.6 Å². The monoisotopic (exact) mass is 494 g/mol. The fourth-order valence-corrected chi connectivity index (χ4v) is 3.93. The molecule has 0 amide bonds. The number of nitrogens with one attached hydrogen (secondary N) is 1. The third-order valence-electron chi connectivity index (χ3n) is 5.11. The van der Waals surface area contributed by atoms with Crippen LogP contribution in [-0.4, -0.2) is 44.7 Å². The lowest BCUT2D eigenvalue weighted by Gasteiger charge is -2.12.